The number of hydrogen-bond acceptors (Lipinski definition) is 2. The van der Waals surface area contributed by atoms with Gasteiger partial charge in [-0.05, 0) is 58.1 Å². The predicted molar refractivity (Wildman–Crippen MR) is 99.4 cm³/mol. The first-order chi connectivity index (χ1) is 11.6. The second-order valence-corrected chi connectivity index (χ2v) is 6.45. The van der Waals surface area contributed by atoms with E-state index in [2.05, 4.69) is 27.0 Å². The Morgan fingerprint density at radius 3 is 2.88 bits per heavy atom. The molecule has 0 bridgehead atoms. The predicted octanol–water partition coefficient (Wildman–Crippen LogP) is 4.60. The molecule has 24 heavy (non-hydrogen) atoms. The number of rotatable bonds is 5. The van der Waals surface area contributed by atoms with Gasteiger partial charge < -0.3 is 14.6 Å². The molecule has 0 unspecified atom stereocenters. The molecule has 1 N–H and O–H groups in total. The van der Waals surface area contributed by atoms with E-state index in [1.54, 1.807) is 17.0 Å². The van der Waals surface area contributed by atoms with Crippen molar-refractivity contribution < 1.29 is 9.53 Å². The molecular weight excluding hydrogens is 368 g/mol. The normalized spacial score (nSPS) is 10.8. The number of aromatic amines is 1. The molecule has 1 heterocycles. The van der Waals surface area contributed by atoms with Crippen LogP contribution >= 0.6 is 15.9 Å². The van der Waals surface area contributed by atoms with E-state index in [-0.39, 0.29) is 5.91 Å². The molecule has 0 saturated carbocycles. The maximum absolute atomic E-state index is 12.7. The third-order valence-electron chi connectivity index (χ3n) is 3.91. The minimum Gasteiger partial charge on any atom is -0.493 e. The van der Waals surface area contributed by atoms with E-state index in [1.165, 1.54) is 0 Å². The molecular formula is C19H19BrN2O2. The Morgan fingerprint density at radius 1 is 1.25 bits per heavy atom. The topological polar surface area (TPSA) is 45.3 Å². The van der Waals surface area contributed by atoms with Crippen molar-refractivity contribution in [3.05, 3.63) is 64.3 Å². The molecule has 2 aromatic carbocycles. The van der Waals surface area contributed by atoms with Gasteiger partial charge in [0.15, 0.2) is 0 Å². The molecule has 1 aromatic heterocycles. The van der Waals surface area contributed by atoms with E-state index in [9.17, 15) is 4.79 Å². The molecule has 0 atom stereocenters. The van der Waals surface area contributed by atoms with Gasteiger partial charge in [0.2, 0.25) is 0 Å². The summed E-state index contributed by atoms with van der Waals surface area (Å²) in [5.41, 5.74) is 2.78. The fourth-order valence-corrected chi connectivity index (χ4v) is 3.09. The SMILES string of the molecule is CCOc1cc(C(=O)N(C)Cc2cccc3cc[nH]c23)ccc1Br. The average molecular weight is 387 g/mol. The van der Waals surface area contributed by atoms with Crippen LogP contribution in [0, 0.1) is 0 Å². The number of ether oxygens (including phenoxy) is 1. The summed E-state index contributed by atoms with van der Waals surface area (Å²) < 4.78 is 6.40. The summed E-state index contributed by atoms with van der Waals surface area (Å²) in [7, 11) is 1.81. The molecule has 0 aliphatic heterocycles. The highest BCUT2D eigenvalue weighted by molar-refractivity contribution is 9.10. The smallest absolute Gasteiger partial charge is 0.254 e. The van der Waals surface area contributed by atoms with Crippen LogP contribution in [0.3, 0.4) is 0 Å². The van der Waals surface area contributed by atoms with Gasteiger partial charge in [-0.3, -0.25) is 4.79 Å². The highest BCUT2D eigenvalue weighted by Gasteiger charge is 2.15. The molecule has 0 radical (unpaired) electrons. The summed E-state index contributed by atoms with van der Waals surface area (Å²) in [4.78, 5) is 17.7. The van der Waals surface area contributed by atoms with Gasteiger partial charge >= 0.3 is 0 Å². The van der Waals surface area contributed by atoms with E-state index < -0.39 is 0 Å². The zero-order valence-electron chi connectivity index (χ0n) is 13.7. The van der Waals surface area contributed by atoms with Crippen LogP contribution < -0.4 is 4.74 Å². The van der Waals surface area contributed by atoms with E-state index in [0.29, 0.717) is 24.5 Å². The number of nitrogens with one attached hydrogen (secondary N) is 1. The van der Waals surface area contributed by atoms with Crippen molar-refractivity contribution in [2.24, 2.45) is 0 Å². The molecule has 0 aliphatic carbocycles. The Bertz CT molecular complexity index is 873. The molecule has 0 aliphatic rings. The molecule has 4 nitrogen and oxygen atoms in total. The first-order valence-electron chi connectivity index (χ1n) is 7.83. The number of carbonyl (C=O) groups is 1. The summed E-state index contributed by atoms with van der Waals surface area (Å²) in [6, 6.07) is 13.6. The summed E-state index contributed by atoms with van der Waals surface area (Å²) in [6.45, 7) is 3.02. The van der Waals surface area contributed by atoms with Gasteiger partial charge in [0.05, 0.1) is 16.6 Å². The van der Waals surface area contributed by atoms with Crippen molar-refractivity contribution >= 4 is 32.7 Å². The number of fused-ring (bicyclic) bond motifs is 1. The summed E-state index contributed by atoms with van der Waals surface area (Å²) in [6.07, 6.45) is 1.92. The molecule has 1 amide bonds. The number of H-pyrrole nitrogens is 1. The van der Waals surface area contributed by atoms with E-state index in [4.69, 9.17) is 4.74 Å². The lowest BCUT2D eigenvalue weighted by atomic mass is 10.1. The Morgan fingerprint density at radius 2 is 2.08 bits per heavy atom. The van der Waals surface area contributed by atoms with Gasteiger partial charge in [0.1, 0.15) is 5.75 Å². The van der Waals surface area contributed by atoms with Crippen LogP contribution in [0.15, 0.2) is 53.1 Å². The molecule has 124 valence electrons. The van der Waals surface area contributed by atoms with Crippen molar-refractivity contribution in [3.8, 4) is 5.75 Å². The van der Waals surface area contributed by atoms with Gasteiger partial charge in [0.25, 0.3) is 5.91 Å². The maximum Gasteiger partial charge on any atom is 0.254 e. The van der Waals surface area contributed by atoms with Crippen LogP contribution in [0.25, 0.3) is 10.9 Å². The van der Waals surface area contributed by atoms with Crippen molar-refractivity contribution in [2.75, 3.05) is 13.7 Å². The minimum atomic E-state index is -0.0352. The van der Waals surface area contributed by atoms with Crippen LogP contribution in [-0.4, -0.2) is 29.4 Å². The molecule has 0 fully saturated rings. The number of para-hydroxylation sites is 1. The third kappa shape index (κ3) is 3.31. The number of aromatic nitrogens is 1. The van der Waals surface area contributed by atoms with Gasteiger partial charge in [-0.15, -0.1) is 0 Å². The number of halogens is 1. The van der Waals surface area contributed by atoms with E-state index in [1.807, 2.05) is 44.4 Å². The highest BCUT2D eigenvalue weighted by atomic mass is 79.9. The van der Waals surface area contributed by atoms with E-state index in [0.717, 1.165) is 20.9 Å². The van der Waals surface area contributed by atoms with Crippen molar-refractivity contribution in [1.82, 2.24) is 9.88 Å². The zero-order chi connectivity index (χ0) is 17.1. The molecule has 0 saturated heterocycles. The standard InChI is InChI=1S/C19H19BrN2O2/c1-3-24-17-11-14(7-8-16(17)20)19(23)22(2)12-15-6-4-5-13-9-10-21-18(13)15/h4-11,21H,3,12H2,1-2H3. The van der Waals surface area contributed by atoms with Gasteiger partial charge in [0, 0.05) is 25.4 Å². The summed E-state index contributed by atoms with van der Waals surface area (Å²) in [5, 5.41) is 1.15. The molecule has 5 heteroatoms. The summed E-state index contributed by atoms with van der Waals surface area (Å²) >= 11 is 3.44. The monoisotopic (exact) mass is 386 g/mol. The van der Waals surface area contributed by atoms with Crippen molar-refractivity contribution in [1.29, 1.82) is 0 Å². The first-order valence-corrected chi connectivity index (χ1v) is 8.62. The average Bonchev–Trinajstić information content (AvgIpc) is 3.06. The fourth-order valence-electron chi connectivity index (χ4n) is 2.73. The second kappa shape index (κ2) is 7.09. The van der Waals surface area contributed by atoms with Gasteiger partial charge in [-0.1, -0.05) is 18.2 Å². The maximum atomic E-state index is 12.7. The number of hydrogen-bond donors (Lipinski definition) is 1. The molecule has 3 aromatic rings. The van der Waals surface area contributed by atoms with E-state index >= 15 is 0 Å². The number of amides is 1. The zero-order valence-corrected chi connectivity index (χ0v) is 15.3. The third-order valence-corrected chi connectivity index (χ3v) is 4.56. The molecule has 0 spiro atoms. The highest BCUT2D eigenvalue weighted by Crippen LogP contribution is 2.27. The Labute approximate surface area is 149 Å². The van der Waals surface area contributed by atoms with Gasteiger partial charge in [-0.25, -0.2) is 0 Å². The Kier molecular flexibility index (Phi) is 4.90. The van der Waals surface area contributed by atoms with Crippen LogP contribution in [0.1, 0.15) is 22.8 Å². The Hall–Kier alpha value is -2.27. The van der Waals surface area contributed by atoms with Crippen LogP contribution in [0.5, 0.6) is 5.75 Å². The van der Waals surface area contributed by atoms with Gasteiger partial charge in [-0.2, -0.15) is 0 Å². The van der Waals surface area contributed by atoms with Crippen LogP contribution in [0.4, 0.5) is 0 Å². The minimum absolute atomic E-state index is 0.0352. The second-order valence-electron chi connectivity index (χ2n) is 5.60. The first kappa shape index (κ1) is 16.6. The lowest BCUT2D eigenvalue weighted by Crippen LogP contribution is -2.26. The molecule has 3 rings (SSSR count). The largest absolute Gasteiger partial charge is 0.493 e. The van der Waals surface area contributed by atoms with Crippen molar-refractivity contribution in [2.45, 2.75) is 13.5 Å². The lowest BCUT2D eigenvalue weighted by Gasteiger charge is -2.18. The summed E-state index contributed by atoms with van der Waals surface area (Å²) in [5.74, 6) is 0.648. The fraction of sp³-hybridized carbons (Fsp3) is 0.211. The number of carbonyl (C=O) groups excluding carboxylic acids is 1. The lowest BCUT2D eigenvalue weighted by molar-refractivity contribution is 0.0785. The Balaban J connectivity index is 1.82. The number of benzene rings is 2. The van der Waals surface area contributed by atoms with Crippen molar-refractivity contribution in [3.63, 3.8) is 0 Å². The van der Waals surface area contributed by atoms with Crippen LogP contribution in [-0.2, 0) is 6.54 Å². The number of nitrogens with zero attached hydrogens (tertiary/aromatic N) is 1. The quantitative estimate of drug-likeness (QED) is 0.696. The van der Waals surface area contributed by atoms with Crippen LogP contribution in [0.2, 0.25) is 0 Å².